The van der Waals surface area contributed by atoms with Gasteiger partial charge in [-0.05, 0) is 24.6 Å². The van der Waals surface area contributed by atoms with Crippen LogP contribution in [0.4, 0.5) is 4.39 Å². The van der Waals surface area contributed by atoms with Crippen molar-refractivity contribution in [3.8, 4) is 0 Å². The predicted octanol–water partition coefficient (Wildman–Crippen LogP) is 2.56. The Balaban J connectivity index is 2.04. The Labute approximate surface area is 99.4 Å². The van der Waals surface area contributed by atoms with Gasteiger partial charge in [0.15, 0.2) is 0 Å². The predicted molar refractivity (Wildman–Crippen MR) is 63.5 cm³/mol. The Morgan fingerprint density at radius 3 is 2.71 bits per heavy atom. The van der Waals surface area contributed by atoms with Crippen molar-refractivity contribution in [2.24, 2.45) is 5.84 Å². The van der Waals surface area contributed by atoms with Crippen LogP contribution in [0.15, 0.2) is 47.1 Å². The van der Waals surface area contributed by atoms with E-state index in [0.717, 1.165) is 12.2 Å². The summed E-state index contributed by atoms with van der Waals surface area (Å²) in [5.74, 6) is 6.10. The van der Waals surface area contributed by atoms with Gasteiger partial charge in [0.25, 0.3) is 0 Å². The SMILES string of the molecule is NNC(CCc1ccco1)c1ccccc1F. The number of hydrogen-bond donors (Lipinski definition) is 2. The Hall–Kier alpha value is -1.65. The first-order valence-electron chi connectivity index (χ1n) is 5.54. The summed E-state index contributed by atoms with van der Waals surface area (Å²) in [6.07, 6.45) is 3.03. The minimum Gasteiger partial charge on any atom is -0.469 e. The number of furan rings is 1. The van der Waals surface area contributed by atoms with E-state index in [2.05, 4.69) is 5.43 Å². The Kier molecular flexibility index (Phi) is 3.90. The van der Waals surface area contributed by atoms with Gasteiger partial charge < -0.3 is 4.42 Å². The second-order valence-corrected chi connectivity index (χ2v) is 3.86. The van der Waals surface area contributed by atoms with Gasteiger partial charge in [0.2, 0.25) is 0 Å². The molecule has 90 valence electrons. The van der Waals surface area contributed by atoms with Crippen molar-refractivity contribution in [1.82, 2.24) is 5.43 Å². The van der Waals surface area contributed by atoms with Gasteiger partial charge in [-0.1, -0.05) is 18.2 Å². The highest BCUT2D eigenvalue weighted by Gasteiger charge is 2.14. The van der Waals surface area contributed by atoms with Gasteiger partial charge in [-0.25, -0.2) is 4.39 Å². The largest absolute Gasteiger partial charge is 0.469 e. The summed E-state index contributed by atoms with van der Waals surface area (Å²) in [6.45, 7) is 0. The van der Waals surface area contributed by atoms with E-state index in [4.69, 9.17) is 10.3 Å². The second kappa shape index (κ2) is 5.61. The molecule has 0 spiro atoms. The Morgan fingerprint density at radius 2 is 2.06 bits per heavy atom. The Morgan fingerprint density at radius 1 is 1.24 bits per heavy atom. The normalized spacial score (nSPS) is 12.6. The van der Waals surface area contributed by atoms with E-state index in [9.17, 15) is 4.39 Å². The van der Waals surface area contributed by atoms with Crippen molar-refractivity contribution in [2.45, 2.75) is 18.9 Å². The molecular formula is C13H15FN2O. The van der Waals surface area contributed by atoms with E-state index in [-0.39, 0.29) is 11.9 Å². The van der Waals surface area contributed by atoms with Crippen molar-refractivity contribution in [1.29, 1.82) is 0 Å². The zero-order valence-corrected chi connectivity index (χ0v) is 9.40. The molecule has 0 radical (unpaired) electrons. The number of hydrazine groups is 1. The van der Waals surface area contributed by atoms with Gasteiger partial charge >= 0.3 is 0 Å². The minimum atomic E-state index is -0.241. The summed E-state index contributed by atoms with van der Waals surface area (Å²) < 4.78 is 18.8. The van der Waals surface area contributed by atoms with E-state index < -0.39 is 0 Å². The molecular weight excluding hydrogens is 219 g/mol. The van der Waals surface area contributed by atoms with Crippen molar-refractivity contribution in [2.75, 3.05) is 0 Å². The lowest BCUT2D eigenvalue weighted by molar-refractivity contribution is 0.446. The van der Waals surface area contributed by atoms with Gasteiger partial charge in [-0.15, -0.1) is 0 Å². The molecule has 0 saturated carbocycles. The standard InChI is InChI=1S/C13H15FN2O/c14-12-6-2-1-5-11(12)13(16-15)8-7-10-4-3-9-17-10/h1-6,9,13,16H,7-8,15H2. The van der Waals surface area contributed by atoms with Crippen molar-refractivity contribution >= 4 is 0 Å². The van der Waals surface area contributed by atoms with Crippen molar-refractivity contribution in [3.63, 3.8) is 0 Å². The molecule has 1 aromatic heterocycles. The van der Waals surface area contributed by atoms with Crippen LogP contribution in [0.25, 0.3) is 0 Å². The molecule has 0 aliphatic carbocycles. The maximum Gasteiger partial charge on any atom is 0.128 e. The molecule has 1 heterocycles. The maximum atomic E-state index is 13.6. The van der Waals surface area contributed by atoms with Gasteiger partial charge in [-0.3, -0.25) is 11.3 Å². The number of aryl methyl sites for hydroxylation is 1. The highest BCUT2D eigenvalue weighted by Crippen LogP contribution is 2.21. The fourth-order valence-electron chi connectivity index (χ4n) is 1.83. The van der Waals surface area contributed by atoms with E-state index in [1.165, 1.54) is 6.07 Å². The Bertz CT molecular complexity index is 456. The van der Waals surface area contributed by atoms with Gasteiger partial charge in [-0.2, -0.15) is 0 Å². The van der Waals surface area contributed by atoms with Gasteiger partial charge in [0.05, 0.1) is 6.26 Å². The van der Waals surface area contributed by atoms with E-state index in [1.807, 2.05) is 12.1 Å². The van der Waals surface area contributed by atoms with Crippen molar-refractivity contribution < 1.29 is 8.81 Å². The molecule has 0 saturated heterocycles. The first-order chi connectivity index (χ1) is 8.31. The summed E-state index contributed by atoms with van der Waals surface area (Å²) in [4.78, 5) is 0. The first kappa shape index (κ1) is 11.8. The van der Waals surface area contributed by atoms with Crippen LogP contribution in [0, 0.1) is 5.82 Å². The molecule has 0 bridgehead atoms. The summed E-state index contributed by atoms with van der Waals surface area (Å²) in [7, 11) is 0. The molecule has 0 aliphatic rings. The van der Waals surface area contributed by atoms with Crippen LogP contribution in [-0.2, 0) is 6.42 Å². The fourth-order valence-corrected chi connectivity index (χ4v) is 1.83. The quantitative estimate of drug-likeness (QED) is 0.617. The molecule has 1 atom stereocenters. The van der Waals surface area contributed by atoms with Crippen molar-refractivity contribution in [3.05, 3.63) is 59.8 Å². The topological polar surface area (TPSA) is 51.2 Å². The van der Waals surface area contributed by atoms with E-state index >= 15 is 0 Å². The average Bonchev–Trinajstić information content (AvgIpc) is 2.85. The van der Waals surface area contributed by atoms with Crippen LogP contribution in [0.3, 0.4) is 0 Å². The van der Waals surface area contributed by atoms with Crippen LogP contribution in [0.5, 0.6) is 0 Å². The third kappa shape index (κ3) is 2.93. The lowest BCUT2D eigenvalue weighted by Crippen LogP contribution is -2.29. The number of halogens is 1. The van der Waals surface area contributed by atoms with Crippen LogP contribution in [0.2, 0.25) is 0 Å². The molecule has 3 nitrogen and oxygen atoms in total. The second-order valence-electron chi connectivity index (χ2n) is 3.86. The van der Waals surface area contributed by atoms with Crippen LogP contribution >= 0.6 is 0 Å². The molecule has 2 rings (SSSR count). The molecule has 1 aromatic carbocycles. The number of benzene rings is 1. The molecule has 4 heteroatoms. The van der Waals surface area contributed by atoms with E-state index in [0.29, 0.717) is 12.0 Å². The monoisotopic (exact) mass is 234 g/mol. The zero-order chi connectivity index (χ0) is 12.1. The summed E-state index contributed by atoms with van der Waals surface area (Å²) in [5.41, 5.74) is 3.22. The highest BCUT2D eigenvalue weighted by atomic mass is 19.1. The number of nitrogens with two attached hydrogens (primary N) is 1. The highest BCUT2D eigenvalue weighted by molar-refractivity contribution is 5.21. The molecule has 0 fully saturated rings. The lowest BCUT2D eigenvalue weighted by Gasteiger charge is -2.16. The third-order valence-electron chi connectivity index (χ3n) is 2.74. The zero-order valence-electron chi connectivity index (χ0n) is 9.40. The van der Waals surface area contributed by atoms with Crippen LogP contribution in [0.1, 0.15) is 23.8 Å². The average molecular weight is 234 g/mol. The minimum absolute atomic E-state index is 0.207. The third-order valence-corrected chi connectivity index (χ3v) is 2.74. The molecule has 2 aromatic rings. The number of nitrogens with one attached hydrogen (secondary N) is 1. The van der Waals surface area contributed by atoms with Gasteiger partial charge in [0, 0.05) is 18.0 Å². The fraction of sp³-hybridized carbons (Fsp3) is 0.231. The van der Waals surface area contributed by atoms with Crippen LogP contribution in [-0.4, -0.2) is 0 Å². The number of rotatable bonds is 5. The molecule has 17 heavy (non-hydrogen) atoms. The lowest BCUT2D eigenvalue weighted by atomic mass is 10.0. The molecule has 0 amide bonds. The van der Waals surface area contributed by atoms with E-state index in [1.54, 1.807) is 24.5 Å². The van der Waals surface area contributed by atoms with Gasteiger partial charge in [0.1, 0.15) is 11.6 Å². The summed E-state index contributed by atoms with van der Waals surface area (Å²) in [5, 5.41) is 0. The molecule has 3 N–H and O–H groups in total. The molecule has 1 unspecified atom stereocenters. The summed E-state index contributed by atoms with van der Waals surface area (Å²) >= 11 is 0. The smallest absolute Gasteiger partial charge is 0.128 e. The molecule has 0 aliphatic heterocycles. The van der Waals surface area contributed by atoms with Crippen LogP contribution < -0.4 is 11.3 Å². The summed E-state index contributed by atoms with van der Waals surface area (Å²) in [6, 6.07) is 10.2. The maximum absolute atomic E-state index is 13.6. The number of hydrogen-bond acceptors (Lipinski definition) is 3. The first-order valence-corrected chi connectivity index (χ1v) is 5.54.